The molecular weight excluding hydrogens is 560 g/mol. The minimum Gasteiger partial charge on any atom is -0.278 e. The van der Waals surface area contributed by atoms with Gasteiger partial charge in [-0.3, -0.25) is 4.57 Å². The minimum atomic E-state index is -0.0873. The van der Waals surface area contributed by atoms with E-state index in [-0.39, 0.29) is 5.41 Å². The first-order valence-corrected chi connectivity index (χ1v) is 15.7. The summed E-state index contributed by atoms with van der Waals surface area (Å²) in [6.45, 7) is 4.66. The highest BCUT2D eigenvalue weighted by molar-refractivity contribution is 6.17. The van der Waals surface area contributed by atoms with Gasteiger partial charge in [-0.05, 0) is 45.5 Å². The van der Waals surface area contributed by atoms with E-state index in [2.05, 4.69) is 140 Å². The highest BCUT2D eigenvalue weighted by atomic mass is 15.2. The highest BCUT2D eigenvalue weighted by Gasteiger charge is 2.37. The largest absolute Gasteiger partial charge is 0.278 e. The molecule has 0 spiro atoms. The third-order valence-electron chi connectivity index (χ3n) is 9.49. The summed E-state index contributed by atoms with van der Waals surface area (Å²) in [4.78, 5) is 15.3. The van der Waals surface area contributed by atoms with E-state index in [1.165, 1.54) is 38.6 Å². The van der Waals surface area contributed by atoms with Gasteiger partial charge >= 0.3 is 0 Å². The van der Waals surface area contributed by atoms with Crippen LogP contribution in [0.15, 0.2) is 146 Å². The molecule has 0 unspecified atom stereocenters. The number of para-hydroxylation sites is 1. The van der Waals surface area contributed by atoms with Crippen molar-refractivity contribution in [3.63, 3.8) is 0 Å². The van der Waals surface area contributed by atoms with Crippen molar-refractivity contribution in [1.82, 2.24) is 19.5 Å². The quantitative estimate of drug-likeness (QED) is 0.205. The van der Waals surface area contributed by atoms with Crippen LogP contribution in [0.3, 0.4) is 0 Å². The van der Waals surface area contributed by atoms with E-state index < -0.39 is 0 Å². The minimum absolute atomic E-state index is 0.0873. The lowest BCUT2D eigenvalue weighted by molar-refractivity contribution is 0.661. The predicted octanol–water partition coefficient (Wildman–Crippen LogP) is 10.3. The first kappa shape index (κ1) is 26.5. The molecule has 0 N–H and O–H groups in total. The Labute approximate surface area is 267 Å². The standard InChI is InChI=1S/C42H30N4/c1-42(2)33-19-11-9-17-31(33)37-34(42)25-26-36-38(37)32-18-10-12-20-35(32)46(36)41-44-39(29-15-7-4-8-16-29)43-40(45-41)30-23-21-28(22-24-30)27-13-5-3-6-14-27/h3-26H,1-2H3. The molecule has 9 rings (SSSR count). The molecule has 0 fully saturated rings. The molecule has 0 bridgehead atoms. The van der Waals surface area contributed by atoms with Gasteiger partial charge in [0.1, 0.15) is 0 Å². The molecule has 2 aromatic heterocycles. The second-order valence-electron chi connectivity index (χ2n) is 12.5. The number of hydrogen-bond acceptors (Lipinski definition) is 3. The Balaban J connectivity index is 1.31. The molecule has 8 aromatic rings. The molecule has 218 valence electrons. The summed E-state index contributed by atoms with van der Waals surface area (Å²) in [5.41, 5.74) is 11.6. The van der Waals surface area contributed by atoms with E-state index in [1.54, 1.807) is 0 Å². The van der Waals surface area contributed by atoms with Gasteiger partial charge in [0.15, 0.2) is 11.6 Å². The van der Waals surface area contributed by atoms with Crippen LogP contribution < -0.4 is 0 Å². The molecule has 6 aromatic carbocycles. The molecule has 0 amide bonds. The van der Waals surface area contributed by atoms with Crippen LogP contribution >= 0.6 is 0 Å². The summed E-state index contributed by atoms with van der Waals surface area (Å²) in [6.07, 6.45) is 0. The summed E-state index contributed by atoms with van der Waals surface area (Å²) in [5, 5.41) is 2.43. The Morgan fingerprint density at radius 2 is 1.02 bits per heavy atom. The molecule has 0 saturated carbocycles. The van der Waals surface area contributed by atoms with E-state index in [4.69, 9.17) is 15.0 Å². The average Bonchev–Trinajstić information content (AvgIpc) is 3.58. The molecule has 4 heteroatoms. The van der Waals surface area contributed by atoms with Crippen molar-refractivity contribution in [2.24, 2.45) is 0 Å². The maximum atomic E-state index is 5.18. The Kier molecular flexibility index (Phi) is 5.81. The Morgan fingerprint density at radius 3 is 1.76 bits per heavy atom. The molecule has 1 aliphatic rings. The van der Waals surface area contributed by atoms with Gasteiger partial charge in [-0.1, -0.05) is 147 Å². The molecule has 0 aliphatic heterocycles. The Morgan fingerprint density at radius 1 is 0.457 bits per heavy atom. The zero-order valence-corrected chi connectivity index (χ0v) is 25.6. The van der Waals surface area contributed by atoms with Gasteiger partial charge in [0.05, 0.1) is 11.0 Å². The number of benzene rings is 6. The second-order valence-corrected chi connectivity index (χ2v) is 12.5. The average molecular weight is 591 g/mol. The van der Waals surface area contributed by atoms with Crippen LogP contribution in [0, 0.1) is 0 Å². The SMILES string of the molecule is CC1(C)c2ccccc2-c2c1ccc1c2c2ccccc2n1-c1nc(-c2ccccc2)nc(-c2ccc(-c3ccccc3)cc2)n1. The fourth-order valence-electron chi connectivity index (χ4n) is 7.22. The van der Waals surface area contributed by atoms with Gasteiger partial charge in [0.25, 0.3) is 0 Å². The van der Waals surface area contributed by atoms with Crippen LogP contribution in [-0.2, 0) is 5.41 Å². The fourth-order valence-corrected chi connectivity index (χ4v) is 7.22. The van der Waals surface area contributed by atoms with E-state index in [0.717, 1.165) is 27.7 Å². The maximum absolute atomic E-state index is 5.18. The Bertz CT molecular complexity index is 2420. The summed E-state index contributed by atoms with van der Waals surface area (Å²) in [7, 11) is 0. The summed E-state index contributed by atoms with van der Waals surface area (Å²) < 4.78 is 2.22. The molecule has 4 nitrogen and oxygen atoms in total. The highest BCUT2D eigenvalue weighted by Crippen LogP contribution is 2.53. The van der Waals surface area contributed by atoms with Crippen molar-refractivity contribution in [2.45, 2.75) is 19.3 Å². The van der Waals surface area contributed by atoms with Gasteiger partial charge in [-0.2, -0.15) is 9.97 Å². The number of aromatic nitrogens is 4. The molecule has 0 atom stereocenters. The van der Waals surface area contributed by atoms with Crippen LogP contribution in [0.1, 0.15) is 25.0 Å². The summed E-state index contributed by atoms with van der Waals surface area (Å²) in [5.74, 6) is 1.89. The zero-order chi connectivity index (χ0) is 30.8. The van der Waals surface area contributed by atoms with E-state index >= 15 is 0 Å². The van der Waals surface area contributed by atoms with E-state index in [1.807, 2.05) is 24.3 Å². The number of hydrogen-bond donors (Lipinski definition) is 0. The predicted molar refractivity (Wildman–Crippen MR) is 188 cm³/mol. The lowest BCUT2D eigenvalue weighted by Crippen LogP contribution is -2.14. The van der Waals surface area contributed by atoms with Gasteiger partial charge < -0.3 is 0 Å². The van der Waals surface area contributed by atoms with Gasteiger partial charge in [-0.25, -0.2) is 4.98 Å². The summed E-state index contributed by atoms with van der Waals surface area (Å²) >= 11 is 0. The van der Waals surface area contributed by atoms with Gasteiger partial charge in [0, 0.05) is 27.3 Å². The molecule has 46 heavy (non-hydrogen) atoms. The monoisotopic (exact) mass is 590 g/mol. The molecule has 2 heterocycles. The first-order valence-electron chi connectivity index (χ1n) is 15.7. The molecular formula is C42H30N4. The van der Waals surface area contributed by atoms with Crippen molar-refractivity contribution in [2.75, 3.05) is 0 Å². The van der Waals surface area contributed by atoms with Crippen molar-refractivity contribution in [3.8, 4) is 51.0 Å². The number of nitrogens with zero attached hydrogens (tertiary/aromatic N) is 4. The van der Waals surface area contributed by atoms with Gasteiger partial charge in [-0.15, -0.1) is 0 Å². The van der Waals surface area contributed by atoms with Crippen LogP contribution in [0.4, 0.5) is 0 Å². The van der Waals surface area contributed by atoms with Crippen LogP contribution in [0.5, 0.6) is 0 Å². The Hall–Kier alpha value is -5.87. The second kappa shape index (κ2) is 10.1. The molecule has 0 radical (unpaired) electrons. The number of fused-ring (bicyclic) bond motifs is 7. The van der Waals surface area contributed by atoms with Crippen molar-refractivity contribution in [3.05, 3.63) is 157 Å². The lowest BCUT2D eigenvalue weighted by atomic mass is 9.82. The normalized spacial score (nSPS) is 13.2. The first-order chi connectivity index (χ1) is 22.6. The topological polar surface area (TPSA) is 43.6 Å². The van der Waals surface area contributed by atoms with Crippen LogP contribution in [0.25, 0.3) is 72.8 Å². The number of rotatable bonds is 4. The van der Waals surface area contributed by atoms with Crippen molar-refractivity contribution >= 4 is 21.8 Å². The fraction of sp³-hybridized carbons (Fsp3) is 0.0714. The summed E-state index contributed by atoms with van der Waals surface area (Å²) in [6, 6.07) is 51.1. The van der Waals surface area contributed by atoms with Crippen LogP contribution in [0.2, 0.25) is 0 Å². The maximum Gasteiger partial charge on any atom is 0.238 e. The van der Waals surface area contributed by atoms with Crippen molar-refractivity contribution in [1.29, 1.82) is 0 Å². The van der Waals surface area contributed by atoms with E-state index in [0.29, 0.717) is 17.6 Å². The third-order valence-corrected chi connectivity index (χ3v) is 9.49. The van der Waals surface area contributed by atoms with E-state index in [9.17, 15) is 0 Å². The smallest absolute Gasteiger partial charge is 0.238 e. The van der Waals surface area contributed by atoms with Crippen molar-refractivity contribution < 1.29 is 0 Å². The lowest BCUT2D eigenvalue weighted by Gasteiger charge is -2.21. The van der Waals surface area contributed by atoms with Crippen LogP contribution in [-0.4, -0.2) is 19.5 Å². The van der Waals surface area contributed by atoms with Gasteiger partial charge in [0.2, 0.25) is 5.95 Å². The molecule has 0 saturated heterocycles. The third kappa shape index (κ3) is 3.97. The zero-order valence-electron chi connectivity index (χ0n) is 25.6. The molecule has 1 aliphatic carbocycles.